The molecule has 1 aliphatic rings. The van der Waals surface area contributed by atoms with Crippen LogP contribution in [0.25, 0.3) is 0 Å². The summed E-state index contributed by atoms with van der Waals surface area (Å²) in [6, 6.07) is 3.78. The van der Waals surface area contributed by atoms with Gasteiger partial charge in [0.1, 0.15) is 11.6 Å². The van der Waals surface area contributed by atoms with Crippen molar-refractivity contribution in [2.75, 3.05) is 33.3 Å². The molecule has 1 aromatic rings. The van der Waals surface area contributed by atoms with Crippen molar-refractivity contribution in [2.24, 2.45) is 0 Å². The van der Waals surface area contributed by atoms with Gasteiger partial charge in [0, 0.05) is 25.1 Å². The molecule has 1 saturated heterocycles. The highest BCUT2D eigenvalue weighted by Crippen LogP contribution is 2.28. The van der Waals surface area contributed by atoms with Gasteiger partial charge in [0.2, 0.25) is 0 Å². The normalized spacial score (nSPS) is 21.3. The van der Waals surface area contributed by atoms with Crippen molar-refractivity contribution in [3.63, 3.8) is 0 Å². The maximum Gasteiger partial charge on any atom is 0.129 e. The average molecular weight is 270 g/mol. The van der Waals surface area contributed by atoms with Gasteiger partial charge in [-0.25, -0.2) is 8.78 Å². The fraction of sp³-hybridized carbons (Fsp3) is 0.571. The lowest BCUT2D eigenvalue weighted by atomic mass is 9.89. The summed E-state index contributed by atoms with van der Waals surface area (Å²) in [5, 5.41) is 6.32. The maximum atomic E-state index is 13.9. The van der Waals surface area contributed by atoms with E-state index in [1.165, 1.54) is 12.1 Å². The summed E-state index contributed by atoms with van der Waals surface area (Å²) < 4.78 is 32.7. The minimum absolute atomic E-state index is 0.0675. The summed E-state index contributed by atoms with van der Waals surface area (Å²) >= 11 is 0. The number of hydrogen-bond acceptors (Lipinski definition) is 3. The molecule has 2 rings (SSSR count). The molecule has 1 aromatic carbocycles. The standard InChI is InChI=1S/C14H20F2N2O/c1-17-5-4-12(14-9-18-6-7-19-14)11-3-2-10(15)8-13(11)16/h2-3,8,12,14,17-18H,4-7,9H2,1H3. The second-order valence-corrected chi connectivity index (χ2v) is 4.78. The summed E-state index contributed by atoms with van der Waals surface area (Å²) in [7, 11) is 1.86. The number of benzene rings is 1. The molecular weight excluding hydrogens is 250 g/mol. The van der Waals surface area contributed by atoms with E-state index < -0.39 is 11.6 Å². The number of hydrogen-bond donors (Lipinski definition) is 2. The fourth-order valence-corrected chi connectivity index (χ4v) is 2.49. The van der Waals surface area contributed by atoms with Crippen LogP contribution in [-0.4, -0.2) is 39.4 Å². The van der Waals surface area contributed by atoms with Crippen LogP contribution in [0.4, 0.5) is 8.78 Å². The first-order valence-corrected chi connectivity index (χ1v) is 6.64. The van der Waals surface area contributed by atoms with Crippen LogP contribution in [0.5, 0.6) is 0 Å². The molecule has 2 unspecified atom stereocenters. The molecule has 1 aliphatic heterocycles. The summed E-state index contributed by atoms with van der Waals surface area (Å²) in [6.07, 6.45) is 0.688. The van der Waals surface area contributed by atoms with Gasteiger partial charge in [-0.1, -0.05) is 6.07 Å². The number of morpholine rings is 1. The Hall–Kier alpha value is -1.04. The second-order valence-electron chi connectivity index (χ2n) is 4.78. The van der Waals surface area contributed by atoms with E-state index in [4.69, 9.17) is 4.74 Å². The topological polar surface area (TPSA) is 33.3 Å². The van der Waals surface area contributed by atoms with Gasteiger partial charge in [-0.3, -0.25) is 0 Å². The Kier molecular flexibility index (Phi) is 5.24. The van der Waals surface area contributed by atoms with E-state index in [0.717, 1.165) is 25.6 Å². The van der Waals surface area contributed by atoms with Crippen LogP contribution in [-0.2, 0) is 4.74 Å². The molecule has 2 atom stereocenters. The van der Waals surface area contributed by atoms with E-state index in [2.05, 4.69) is 10.6 Å². The van der Waals surface area contributed by atoms with Gasteiger partial charge in [0.25, 0.3) is 0 Å². The van der Waals surface area contributed by atoms with Crippen molar-refractivity contribution < 1.29 is 13.5 Å². The summed E-state index contributed by atoms with van der Waals surface area (Å²) in [5.41, 5.74) is 0.533. The summed E-state index contributed by atoms with van der Waals surface area (Å²) in [5.74, 6) is -1.10. The monoisotopic (exact) mass is 270 g/mol. The van der Waals surface area contributed by atoms with E-state index in [-0.39, 0.29) is 12.0 Å². The third-order valence-corrected chi connectivity index (χ3v) is 3.47. The van der Waals surface area contributed by atoms with Crippen molar-refractivity contribution in [3.05, 3.63) is 35.4 Å². The molecule has 0 aromatic heterocycles. The number of nitrogens with one attached hydrogen (secondary N) is 2. The molecule has 0 radical (unpaired) electrons. The van der Waals surface area contributed by atoms with Gasteiger partial charge < -0.3 is 15.4 Å². The molecule has 5 heteroatoms. The quantitative estimate of drug-likeness (QED) is 0.853. The molecule has 0 saturated carbocycles. The van der Waals surface area contributed by atoms with Crippen molar-refractivity contribution in [2.45, 2.75) is 18.4 Å². The van der Waals surface area contributed by atoms with E-state index >= 15 is 0 Å². The predicted molar refractivity (Wildman–Crippen MR) is 70.3 cm³/mol. The molecule has 0 amide bonds. The zero-order chi connectivity index (χ0) is 13.7. The van der Waals surface area contributed by atoms with Gasteiger partial charge in [0.15, 0.2) is 0 Å². The van der Waals surface area contributed by atoms with Gasteiger partial charge in [-0.15, -0.1) is 0 Å². The van der Waals surface area contributed by atoms with Crippen LogP contribution in [0.3, 0.4) is 0 Å². The van der Waals surface area contributed by atoms with Crippen LogP contribution < -0.4 is 10.6 Å². The molecule has 0 bridgehead atoms. The largest absolute Gasteiger partial charge is 0.375 e. The highest BCUT2D eigenvalue weighted by Gasteiger charge is 2.27. The van der Waals surface area contributed by atoms with Crippen LogP contribution >= 0.6 is 0 Å². The minimum atomic E-state index is -0.545. The Balaban J connectivity index is 2.19. The predicted octanol–water partition coefficient (Wildman–Crippen LogP) is 1.65. The number of halogens is 2. The van der Waals surface area contributed by atoms with Crippen molar-refractivity contribution in [1.82, 2.24) is 10.6 Å². The Labute approximate surface area is 112 Å². The van der Waals surface area contributed by atoms with Gasteiger partial charge >= 0.3 is 0 Å². The lowest BCUT2D eigenvalue weighted by Gasteiger charge is -2.31. The SMILES string of the molecule is CNCCC(c1ccc(F)cc1F)C1CNCCO1. The third kappa shape index (κ3) is 3.72. The Bertz CT molecular complexity index is 408. The zero-order valence-electron chi connectivity index (χ0n) is 11.1. The molecule has 2 N–H and O–H groups in total. The molecule has 1 heterocycles. The summed E-state index contributed by atoms with van der Waals surface area (Å²) in [4.78, 5) is 0. The molecule has 1 fully saturated rings. The van der Waals surface area contributed by atoms with E-state index in [0.29, 0.717) is 18.7 Å². The minimum Gasteiger partial charge on any atom is -0.375 e. The second kappa shape index (κ2) is 6.93. The van der Waals surface area contributed by atoms with E-state index in [9.17, 15) is 8.78 Å². The fourth-order valence-electron chi connectivity index (χ4n) is 2.49. The van der Waals surface area contributed by atoms with Gasteiger partial charge in [-0.05, 0) is 31.6 Å². The van der Waals surface area contributed by atoms with E-state index in [1.54, 1.807) is 0 Å². The van der Waals surface area contributed by atoms with Crippen LogP contribution in [0.2, 0.25) is 0 Å². The van der Waals surface area contributed by atoms with E-state index in [1.807, 2.05) is 7.05 Å². The first-order valence-electron chi connectivity index (χ1n) is 6.64. The molecular formula is C14H20F2N2O. The number of rotatable bonds is 5. The lowest BCUT2D eigenvalue weighted by Crippen LogP contribution is -2.42. The highest BCUT2D eigenvalue weighted by atomic mass is 19.1. The Morgan fingerprint density at radius 1 is 1.47 bits per heavy atom. The summed E-state index contributed by atoms with van der Waals surface area (Å²) in [6.45, 7) is 2.91. The van der Waals surface area contributed by atoms with Gasteiger partial charge in [-0.2, -0.15) is 0 Å². The third-order valence-electron chi connectivity index (χ3n) is 3.47. The van der Waals surface area contributed by atoms with Crippen LogP contribution in [0, 0.1) is 11.6 Å². The highest BCUT2D eigenvalue weighted by molar-refractivity contribution is 5.24. The molecule has 106 valence electrons. The number of ether oxygens (including phenoxy) is 1. The maximum absolute atomic E-state index is 13.9. The van der Waals surface area contributed by atoms with Crippen molar-refractivity contribution >= 4 is 0 Å². The van der Waals surface area contributed by atoms with Crippen LogP contribution in [0.15, 0.2) is 18.2 Å². The first kappa shape index (κ1) is 14.4. The lowest BCUT2D eigenvalue weighted by molar-refractivity contribution is 0.00873. The Morgan fingerprint density at radius 2 is 2.32 bits per heavy atom. The van der Waals surface area contributed by atoms with Gasteiger partial charge in [0.05, 0.1) is 12.7 Å². The zero-order valence-corrected chi connectivity index (χ0v) is 11.1. The molecule has 19 heavy (non-hydrogen) atoms. The first-order chi connectivity index (χ1) is 9.22. The Morgan fingerprint density at radius 3 is 2.95 bits per heavy atom. The smallest absolute Gasteiger partial charge is 0.129 e. The molecule has 0 aliphatic carbocycles. The average Bonchev–Trinajstić information content (AvgIpc) is 2.42. The molecule has 0 spiro atoms. The van der Waals surface area contributed by atoms with Crippen LogP contribution in [0.1, 0.15) is 17.9 Å². The van der Waals surface area contributed by atoms with Crippen molar-refractivity contribution in [1.29, 1.82) is 0 Å². The van der Waals surface area contributed by atoms with Crippen molar-refractivity contribution in [3.8, 4) is 0 Å². The molecule has 3 nitrogen and oxygen atoms in total.